The van der Waals surface area contributed by atoms with E-state index in [4.69, 9.17) is 99.0 Å². The van der Waals surface area contributed by atoms with E-state index >= 15 is 0 Å². The molecule has 9 aliphatic rings. The summed E-state index contributed by atoms with van der Waals surface area (Å²) in [4.78, 5) is 140. The summed E-state index contributed by atoms with van der Waals surface area (Å²) in [6.45, 7) is -4.71. The third-order valence-electron chi connectivity index (χ3n) is 21.5. The van der Waals surface area contributed by atoms with Crippen molar-refractivity contribution < 1.29 is 152 Å². The molecular formula is C99H144N18O18. The second kappa shape index (κ2) is 51.7. The van der Waals surface area contributed by atoms with Crippen molar-refractivity contribution in [1.29, 1.82) is 0 Å². The first-order valence-electron chi connectivity index (χ1n) is 66.6. The molecule has 738 valence electrons. The molecule has 18 atom stereocenters. The van der Waals surface area contributed by atoms with Gasteiger partial charge in [0.25, 0.3) is 0 Å². The molecule has 9 aromatic heterocycles. The summed E-state index contributed by atoms with van der Waals surface area (Å²) in [6, 6.07) is 0. The topological polar surface area (TPSA) is 397 Å². The lowest BCUT2D eigenvalue weighted by molar-refractivity contribution is -0.142. The van der Waals surface area contributed by atoms with Crippen molar-refractivity contribution in [2.75, 3.05) is 59.3 Å². The molecule has 36 nitrogen and oxygen atoms in total. The second-order valence-corrected chi connectivity index (χ2v) is 30.2. The van der Waals surface area contributed by atoms with Crippen LogP contribution in [0.2, 0.25) is 0 Å². The Hall–Kier alpha value is -11.9. The van der Waals surface area contributed by atoms with Gasteiger partial charge in [-0.1, -0.05) is 62.3 Å². The van der Waals surface area contributed by atoms with Crippen molar-refractivity contribution in [3.63, 3.8) is 0 Å². The number of cyclic esters (lactones) is 9. The number of imidazole rings is 9. The molecule has 9 fully saturated rings. The molecule has 9 aliphatic heterocycles. The van der Waals surface area contributed by atoms with Crippen LogP contribution in [0.5, 0.6) is 0 Å². The zero-order chi connectivity index (χ0) is 140. The Morgan fingerprint density at radius 3 is 0.874 bits per heavy atom. The summed E-state index contributed by atoms with van der Waals surface area (Å²) in [5.74, 6) is -37.8. The number of rotatable bonds is 27. The molecule has 18 rings (SSSR count). The number of carbonyl (C=O) groups is 9. The minimum absolute atomic E-state index is 0.0170. The van der Waals surface area contributed by atoms with E-state index in [9.17, 15) is 43.2 Å². The Kier molecular flexibility index (Phi) is 21.7. The van der Waals surface area contributed by atoms with Gasteiger partial charge in [0.1, 0.15) is 0 Å². The molecular weight excluding hydrogens is 1730 g/mol. The summed E-state index contributed by atoms with van der Waals surface area (Å²) >= 11 is 0. The van der Waals surface area contributed by atoms with E-state index in [1.54, 1.807) is 69.7 Å². The number of hydrogen-bond acceptors (Lipinski definition) is 27. The maximum atomic E-state index is 12.0. The van der Waals surface area contributed by atoms with Gasteiger partial charge in [0.15, 0.2) is 0 Å². The van der Waals surface area contributed by atoms with Crippen LogP contribution >= 0.6 is 0 Å². The second-order valence-electron chi connectivity index (χ2n) is 30.2. The predicted molar refractivity (Wildman–Crippen MR) is 496 cm³/mol. The number of ether oxygens (including phenoxy) is 9. The number of esters is 9. The van der Waals surface area contributed by atoms with Gasteiger partial charge in [-0.25, -0.2) is 44.9 Å². The van der Waals surface area contributed by atoms with Crippen LogP contribution in [-0.2, 0) is 206 Å². The van der Waals surface area contributed by atoms with E-state index in [1.165, 1.54) is 117 Å². The van der Waals surface area contributed by atoms with Gasteiger partial charge in [0.2, 0.25) is 0 Å². The molecule has 18 heterocycles. The van der Waals surface area contributed by atoms with E-state index in [0.717, 1.165) is 67.5 Å². The number of nitrogens with zero attached hydrogens (tertiary/aromatic N) is 18. The van der Waals surface area contributed by atoms with Crippen LogP contribution < -0.4 is 0 Å². The molecule has 135 heavy (non-hydrogen) atoms. The highest BCUT2D eigenvalue weighted by Crippen LogP contribution is 2.36. The van der Waals surface area contributed by atoms with E-state index in [1.807, 2.05) is 0 Å². The van der Waals surface area contributed by atoms with Crippen LogP contribution in [0.25, 0.3) is 0 Å². The largest absolute Gasteiger partial charge is 0.465 e. The molecule has 0 aromatic carbocycles. The van der Waals surface area contributed by atoms with Crippen molar-refractivity contribution >= 4 is 53.7 Å². The average Bonchev–Trinajstić information content (AvgIpc) is 1.54. The smallest absolute Gasteiger partial charge is 0.309 e. The SMILES string of the molecule is [2H]C([2H])(C)[C@]1([2H])C(=O)OC[C@]1([2H])C([2H])([2H])c1cncn1C.[2H]C([2H])(c1cncn1C([2H])([2H])[2H])[C@H]1COC(=O)[C@@]1([2H])C([2H])([2H])C.[2H]C([2H])(c1cncn1C([2H])([2H])[2H])[C@H]1COC(=O)[C@@]1([2H])CC.[2H]C([2H])(c1cncn1C([2H])([2H])[2H])[C@H]1COC(=O)[C@H]1CC.[2H]C([2H])(c1cncn1C)[C@@]1([2H])COC(=O)[C@@]1([2H])CC.[2H]C([2H])(c1cncn1C)[C@@]1([2H])COC(=O)[C@H]1CC.[2H]C1([2H])OC(=O)[C@@H](CC)[C@H]1C([2H])([2H])c1cncn1C.[2H]C1([2H])OC(=O)[C@@]([2H])(C([2H])([2H])C)[C@H]1C([2H])([2H])c1cncn1C.[2H]C1([2H])OC(=O)[C@@]([2H])(CC)[C@H]1C([2H])([2H])c1cncn1C. The van der Waals surface area contributed by atoms with Gasteiger partial charge in [0.05, 0.1) is 178 Å². The van der Waals surface area contributed by atoms with Gasteiger partial charge in [0, 0.05) is 281 Å². The lowest BCUT2D eigenvalue weighted by Gasteiger charge is -2.12. The molecule has 9 aromatic rings. The molecule has 0 spiro atoms. The molecule has 0 unspecified atom stereocenters. The van der Waals surface area contributed by atoms with Crippen LogP contribution in [0.15, 0.2) is 113 Å². The van der Waals surface area contributed by atoms with Crippen molar-refractivity contribution in [2.24, 2.45) is 170 Å². The van der Waals surface area contributed by atoms with E-state index in [2.05, 4.69) is 54.3 Å². The van der Waals surface area contributed by atoms with Crippen LogP contribution in [-0.4, -0.2) is 199 Å². The first-order chi connectivity index (χ1) is 83.0. The Balaban J connectivity index is 0.000000206. The predicted octanol–water partition coefficient (Wildman–Crippen LogP) is 10.5. The first kappa shape index (κ1) is 56.6. The summed E-state index contributed by atoms with van der Waals surface area (Å²) in [5.41, 5.74) is 0.0991. The van der Waals surface area contributed by atoms with Crippen molar-refractivity contribution in [3.05, 3.63) is 164 Å². The Bertz CT molecular complexity index is 7680. The molecule has 36 heteroatoms. The number of aryl methyl sites for hydroxylation is 9. The molecule has 0 N–H and O–H groups in total. The highest BCUT2D eigenvalue weighted by atomic mass is 16.6. The third kappa shape index (κ3) is 28.4. The maximum absolute atomic E-state index is 12.0. The molecule has 0 amide bonds. The minimum atomic E-state index is -2.82. The maximum Gasteiger partial charge on any atom is 0.309 e. The number of aromatic nitrogens is 18. The van der Waals surface area contributed by atoms with Crippen molar-refractivity contribution in [2.45, 2.75) is 177 Å². The number of carbonyl (C=O) groups excluding carboxylic acids is 9. The Morgan fingerprint density at radius 1 is 0.259 bits per heavy atom. The Labute approximate surface area is 860 Å². The Morgan fingerprint density at radius 2 is 0.489 bits per heavy atom. The quantitative estimate of drug-likeness (QED) is 0.0341. The monoisotopic (exact) mass is 1920 g/mol. The summed E-state index contributed by atoms with van der Waals surface area (Å²) < 4.78 is 436. The molecule has 0 bridgehead atoms. The normalized spacial score (nSPS) is 38.4. The van der Waals surface area contributed by atoms with Gasteiger partial charge >= 0.3 is 53.7 Å². The lowest BCUT2D eigenvalue weighted by atomic mass is 9.89. The van der Waals surface area contributed by atoms with Crippen LogP contribution in [0.1, 0.15) is 237 Å². The molecule has 0 saturated carbocycles. The lowest BCUT2D eigenvalue weighted by Crippen LogP contribution is -2.18. The van der Waals surface area contributed by atoms with Gasteiger partial charge in [-0.15, -0.1) is 0 Å². The van der Waals surface area contributed by atoms with E-state index in [0.29, 0.717) is 23.8 Å². The van der Waals surface area contributed by atoms with Gasteiger partial charge in [-0.3, -0.25) is 43.2 Å². The standard InChI is InChI=1S/9C11H16N2O2/c9*1-3-10-8(6-15-11(10)14)4-9-5-12-7-13(9)2/h9*5,7-8,10H,3-4,6H2,1-2H3/t9*8-,10-/m000000000/s1/i3D2,4D2,8D,10D;3D2,4D2,6D2,10D;2D3,3D2,4D2,10D;4D2,8D,10D;4D2,6D2,10D;2D3,4D2,10D;4D2,8D;4D2,6D2;2D3,4D2. The molecule has 0 aliphatic carbocycles. The third-order valence-corrected chi connectivity index (χ3v) is 21.5. The van der Waals surface area contributed by atoms with Gasteiger partial charge in [-0.2, -0.15) is 0 Å². The van der Waals surface area contributed by atoms with Crippen LogP contribution in [0.3, 0.4) is 0 Å². The van der Waals surface area contributed by atoms with Crippen molar-refractivity contribution in [3.8, 4) is 0 Å². The van der Waals surface area contributed by atoms with E-state index in [-0.39, 0.29) is 90.3 Å². The average molecular weight is 1920 g/mol. The molecule has 0 radical (unpaired) electrons. The fourth-order valence-corrected chi connectivity index (χ4v) is 13.8. The highest BCUT2D eigenvalue weighted by molar-refractivity contribution is 5.78. The van der Waals surface area contributed by atoms with Crippen LogP contribution in [0.4, 0.5) is 0 Å². The van der Waals surface area contributed by atoms with Gasteiger partial charge < -0.3 is 83.7 Å². The summed E-state index contributed by atoms with van der Waals surface area (Å²) in [6.07, 6.45) is -4.01. The zero-order valence-electron chi connectivity index (χ0n) is 125. The fourth-order valence-electron chi connectivity index (χ4n) is 13.8. The van der Waals surface area contributed by atoms with Gasteiger partial charge in [-0.05, 0) is 115 Å². The van der Waals surface area contributed by atoms with E-state index < -0.39 is 297 Å². The first-order valence-corrected chi connectivity index (χ1v) is 42.6. The van der Waals surface area contributed by atoms with Crippen molar-refractivity contribution in [1.82, 2.24) is 86.0 Å². The molecule has 9 saturated heterocycles. The summed E-state index contributed by atoms with van der Waals surface area (Å²) in [5, 5.41) is 0. The summed E-state index contributed by atoms with van der Waals surface area (Å²) in [7, 11) is 9.49. The van der Waals surface area contributed by atoms with Crippen LogP contribution in [0, 0.1) is 106 Å². The minimum Gasteiger partial charge on any atom is -0.465 e. The fraction of sp³-hybridized carbons (Fsp3) is 0.636. The zero-order valence-corrected chi connectivity index (χ0v) is 77.0. The number of hydrogen-bond donors (Lipinski definition) is 0. The highest BCUT2D eigenvalue weighted by Gasteiger charge is 2.43.